The molecule has 3 amide bonds. The van der Waals surface area contributed by atoms with Gasteiger partial charge in [0.2, 0.25) is 11.8 Å². The summed E-state index contributed by atoms with van der Waals surface area (Å²) in [6.07, 6.45) is 2.75. The van der Waals surface area contributed by atoms with E-state index in [2.05, 4.69) is 10.6 Å². The molecule has 0 fully saturated rings. The first kappa shape index (κ1) is 27.4. The Morgan fingerprint density at radius 3 is 2.23 bits per heavy atom. The number of benzene rings is 2. The van der Waals surface area contributed by atoms with Crippen molar-refractivity contribution in [3.05, 3.63) is 72.3 Å². The predicted octanol–water partition coefficient (Wildman–Crippen LogP) is 3.14. The van der Waals surface area contributed by atoms with E-state index < -0.39 is 29.6 Å². The van der Waals surface area contributed by atoms with Gasteiger partial charge in [0, 0.05) is 23.3 Å². The van der Waals surface area contributed by atoms with E-state index in [1.165, 1.54) is 13.0 Å². The lowest BCUT2D eigenvalue weighted by Gasteiger charge is -2.41. The largest absolute Gasteiger partial charge is 0.530 e. The Morgan fingerprint density at radius 2 is 1.69 bits per heavy atom. The Labute approximate surface area is 207 Å². The van der Waals surface area contributed by atoms with Gasteiger partial charge in [0.15, 0.2) is 0 Å². The molecule has 0 aliphatic carbocycles. The van der Waals surface area contributed by atoms with Crippen LogP contribution in [-0.4, -0.2) is 47.5 Å². The molecule has 0 saturated carbocycles. The van der Waals surface area contributed by atoms with Crippen molar-refractivity contribution in [1.82, 2.24) is 10.2 Å². The van der Waals surface area contributed by atoms with Crippen LogP contribution in [0.1, 0.15) is 39.7 Å². The number of hydrogen-bond acceptors (Lipinski definition) is 5. The highest BCUT2D eigenvalue weighted by atomic mass is 16.5. The fourth-order valence-electron chi connectivity index (χ4n) is 3.68. The van der Waals surface area contributed by atoms with Crippen molar-refractivity contribution in [3.8, 4) is 5.75 Å². The molecule has 0 bridgehead atoms. The summed E-state index contributed by atoms with van der Waals surface area (Å²) in [5.41, 5.74) is 0.874. The van der Waals surface area contributed by atoms with Crippen LogP contribution in [0.15, 0.2) is 66.7 Å². The van der Waals surface area contributed by atoms with Gasteiger partial charge in [-0.1, -0.05) is 36.4 Å². The lowest BCUT2D eigenvalue weighted by molar-refractivity contribution is -0.272. The maximum Gasteiger partial charge on any atom is 0.248 e. The first-order valence-electron chi connectivity index (χ1n) is 11.5. The lowest BCUT2D eigenvalue weighted by Crippen LogP contribution is -2.60. The number of carbonyl (C=O) groups excluding carboxylic acids is 3. The van der Waals surface area contributed by atoms with Crippen molar-refractivity contribution in [2.45, 2.75) is 58.2 Å². The predicted molar refractivity (Wildman–Crippen MR) is 134 cm³/mol. The van der Waals surface area contributed by atoms with Crippen molar-refractivity contribution in [1.29, 1.82) is 0 Å². The number of nitrogens with one attached hydrogen (secondary N) is 2. The molecule has 0 heterocycles. The molecule has 0 aliphatic rings. The van der Waals surface area contributed by atoms with Gasteiger partial charge in [-0.25, -0.2) is 0 Å². The molecule has 8 heteroatoms. The average Bonchev–Trinajstić information content (AvgIpc) is 2.80. The summed E-state index contributed by atoms with van der Waals surface area (Å²) < 4.78 is 5.11. The van der Waals surface area contributed by atoms with Crippen LogP contribution in [-0.2, 0) is 16.0 Å². The Kier molecular flexibility index (Phi) is 9.87. The van der Waals surface area contributed by atoms with Crippen molar-refractivity contribution < 1.29 is 24.2 Å². The van der Waals surface area contributed by atoms with E-state index in [0.717, 1.165) is 10.5 Å². The zero-order valence-electron chi connectivity index (χ0n) is 20.9. The van der Waals surface area contributed by atoms with Crippen LogP contribution in [0, 0.1) is 0 Å². The molecular formula is C27H34N3O5-. The molecule has 0 saturated heterocycles. The summed E-state index contributed by atoms with van der Waals surface area (Å²) in [4.78, 5) is 38.1. The van der Waals surface area contributed by atoms with E-state index in [1.807, 2.05) is 30.3 Å². The average molecular weight is 481 g/mol. The van der Waals surface area contributed by atoms with Gasteiger partial charge in [0.05, 0.1) is 7.11 Å². The van der Waals surface area contributed by atoms with Crippen LogP contribution < -0.4 is 20.5 Å². The maximum atomic E-state index is 13.0. The minimum atomic E-state index is -1.42. The molecule has 0 aliphatic heterocycles. The number of carbonyl (C=O) groups is 3. The number of amides is 3. The molecule has 2 N–H and O–H groups in total. The standard InChI is InChI=1S/C27H35N3O5/c1-19(30(26(33)34)27(2,3)4)25(32)29-22(12-11-20-9-7-6-8-10-20)15-18-24(31)28-21-13-16-23(35-5)17-14-21/h6-10,13-19,22H,11-12H2,1-5H3,(H,28,31)(H,29,32)(H,33,34)/p-1/b18-15+/t19-,22-/m0/s1. The van der Waals surface area contributed by atoms with Gasteiger partial charge in [-0.2, -0.15) is 0 Å². The number of nitrogens with zero attached hydrogens (tertiary/aromatic N) is 1. The number of methoxy groups -OCH3 is 1. The number of anilines is 1. The Morgan fingerprint density at radius 1 is 1.06 bits per heavy atom. The van der Waals surface area contributed by atoms with Crippen LogP contribution in [0.3, 0.4) is 0 Å². The summed E-state index contributed by atoms with van der Waals surface area (Å²) in [5, 5.41) is 17.3. The molecule has 0 radical (unpaired) electrons. The molecule has 2 rings (SSSR count). The molecule has 0 unspecified atom stereocenters. The number of hydrogen-bond donors (Lipinski definition) is 2. The summed E-state index contributed by atoms with van der Waals surface area (Å²) >= 11 is 0. The molecule has 2 aromatic carbocycles. The first-order chi connectivity index (χ1) is 16.5. The van der Waals surface area contributed by atoms with Gasteiger partial charge in [0.1, 0.15) is 17.9 Å². The second kappa shape index (κ2) is 12.6. The molecule has 0 spiro atoms. The van der Waals surface area contributed by atoms with Crippen molar-refractivity contribution in [2.75, 3.05) is 12.4 Å². The van der Waals surface area contributed by atoms with E-state index in [1.54, 1.807) is 58.2 Å². The molecule has 2 aromatic rings. The van der Waals surface area contributed by atoms with Gasteiger partial charge in [-0.05, 0) is 70.4 Å². The highest BCUT2D eigenvalue weighted by Crippen LogP contribution is 2.18. The third-order valence-electron chi connectivity index (χ3n) is 5.44. The highest BCUT2D eigenvalue weighted by molar-refractivity contribution is 5.99. The second-order valence-electron chi connectivity index (χ2n) is 9.20. The maximum absolute atomic E-state index is 13.0. The monoisotopic (exact) mass is 480 g/mol. The minimum Gasteiger partial charge on any atom is -0.530 e. The Balaban J connectivity index is 2.13. The van der Waals surface area contributed by atoms with Gasteiger partial charge in [-0.3, -0.25) is 9.59 Å². The van der Waals surface area contributed by atoms with Crippen molar-refractivity contribution in [2.24, 2.45) is 0 Å². The van der Waals surface area contributed by atoms with E-state index in [4.69, 9.17) is 4.74 Å². The fourth-order valence-corrected chi connectivity index (χ4v) is 3.68. The van der Waals surface area contributed by atoms with Crippen LogP contribution in [0.2, 0.25) is 0 Å². The van der Waals surface area contributed by atoms with E-state index in [-0.39, 0.29) is 5.91 Å². The summed E-state index contributed by atoms with van der Waals surface area (Å²) in [6.45, 7) is 6.61. The second-order valence-corrected chi connectivity index (χ2v) is 9.20. The number of rotatable bonds is 10. The highest BCUT2D eigenvalue weighted by Gasteiger charge is 2.31. The third-order valence-corrected chi connectivity index (χ3v) is 5.44. The van der Waals surface area contributed by atoms with Crippen molar-refractivity contribution >= 4 is 23.6 Å². The molecule has 35 heavy (non-hydrogen) atoms. The van der Waals surface area contributed by atoms with Crippen LogP contribution in [0.25, 0.3) is 0 Å². The van der Waals surface area contributed by atoms with Gasteiger partial charge in [0.25, 0.3) is 0 Å². The molecule has 188 valence electrons. The van der Waals surface area contributed by atoms with E-state index in [9.17, 15) is 19.5 Å². The van der Waals surface area contributed by atoms with Crippen LogP contribution >= 0.6 is 0 Å². The zero-order chi connectivity index (χ0) is 26.0. The van der Waals surface area contributed by atoms with Gasteiger partial charge < -0.3 is 30.2 Å². The summed E-state index contributed by atoms with van der Waals surface area (Å²) in [7, 11) is 1.56. The number of carboxylic acid groups (broad SMARTS) is 1. The number of ether oxygens (including phenoxy) is 1. The van der Waals surface area contributed by atoms with Gasteiger partial charge >= 0.3 is 0 Å². The normalized spacial score (nSPS) is 13.1. The first-order valence-corrected chi connectivity index (χ1v) is 11.5. The molecule has 0 aromatic heterocycles. The third kappa shape index (κ3) is 8.81. The quantitative estimate of drug-likeness (QED) is 0.508. The van der Waals surface area contributed by atoms with Crippen LogP contribution in [0.5, 0.6) is 5.75 Å². The topological polar surface area (TPSA) is 111 Å². The Hall–Kier alpha value is -3.81. The van der Waals surface area contributed by atoms with E-state index in [0.29, 0.717) is 24.3 Å². The minimum absolute atomic E-state index is 0.353. The number of aryl methyl sites for hydroxylation is 1. The molecule has 2 atom stereocenters. The fraction of sp³-hybridized carbons (Fsp3) is 0.370. The van der Waals surface area contributed by atoms with Crippen molar-refractivity contribution in [3.63, 3.8) is 0 Å². The molecule has 8 nitrogen and oxygen atoms in total. The van der Waals surface area contributed by atoms with E-state index >= 15 is 0 Å². The Bertz CT molecular complexity index is 1010. The lowest BCUT2D eigenvalue weighted by atomic mass is 10.0. The molecular weight excluding hydrogens is 446 g/mol. The zero-order valence-corrected chi connectivity index (χ0v) is 20.9. The van der Waals surface area contributed by atoms with Crippen LogP contribution in [0.4, 0.5) is 10.5 Å². The van der Waals surface area contributed by atoms with Gasteiger partial charge in [-0.15, -0.1) is 0 Å². The smallest absolute Gasteiger partial charge is 0.248 e. The summed E-state index contributed by atoms with van der Waals surface area (Å²) in [6, 6.07) is 15.2. The summed E-state index contributed by atoms with van der Waals surface area (Å²) in [5.74, 6) is -0.146. The SMILES string of the molecule is COc1ccc(NC(=O)/C=C/[C@H](CCc2ccccc2)NC(=O)[C@H](C)N(C(=O)[O-])C(C)(C)C)cc1.